The summed E-state index contributed by atoms with van der Waals surface area (Å²) in [4.78, 5) is 28.8. The Bertz CT molecular complexity index is 1220. The zero-order valence-corrected chi connectivity index (χ0v) is 17.1. The van der Waals surface area contributed by atoms with Gasteiger partial charge in [-0.15, -0.1) is 0 Å². The van der Waals surface area contributed by atoms with Gasteiger partial charge in [0, 0.05) is 12.3 Å². The zero-order chi connectivity index (χ0) is 21.2. The number of rotatable bonds is 6. The lowest BCUT2D eigenvalue weighted by Gasteiger charge is -2.14. The molecule has 0 fully saturated rings. The van der Waals surface area contributed by atoms with E-state index in [9.17, 15) is 18.0 Å². The van der Waals surface area contributed by atoms with Crippen LogP contribution in [0.4, 0.5) is 0 Å². The number of hydrogen-bond acceptors (Lipinski definition) is 6. The summed E-state index contributed by atoms with van der Waals surface area (Å²) in [6, 6.07) is 10.00. The lowest BCUT2D eigenvalue weighted by atomic mass is 10.2. The normalized spacial score (nSPS) is 12.7. The van der Waals surface area contributed by atoms with E-state index >= 15 is 0 Å². The zero-order valence-electron chi connectivity index (χ0n) is 16.2. The molecule has 1 aromatic carbocycles. The van der Waals surface area contributed by atoms with Crippen LogP contribution in [0.5, 0.6) is 0 Å². The predicted octanol–water partition coefficient (Wildman–Crippen LogP) is 1.72. The van der Waals surface area contributed by atoms with Crippen LogP contribution in [0.2, 0.25) is 0 Å². The van der Waals surface area contributed by atoms with E-state index in [4.69, 9.17) is 4.74 Å². The van der Waals surface area contributed by atoms with Gasteiger partial charge in [-0.05, 0) is 44.5 Å². The third kappa shape index (κ3) is 4.69. The van der Waals surface area contributed by atoms with E-state index in [0.717, 1.165) is 11.1 Å². The fourth-order valence-electron chi connectivity index (χ4n) is 2.72. The van der Waals surface area contributed by atoms with Crippen LogP contribution in [0.3, 0.4) is 0 Å². The molecule has 0 bridgehead atoms. The number of benzene rings is 1. The molecule has 0 saturated heterocycles. The standard InChI is InChI=1S/C20H21N3O5S/c1-13-6-8-17(9-7-13)29(26,27)22-15(3)20(25)28-12-16-11-18(24)23-10-4-5-14(2)19(23)21-16/h4-11,15,22H,12H2,1-3H3/t15-/m0/s1. The summed E-state index contributed by atoms with van der Waals surface area (Å²) in [5.74, 6) is -0.771. The van der Waals surface area contributed by atoms with Gasteiger partial charge in [-0.3, -0.25) is 14.0 Å². The molecule has 3 rings (SSSR count). The Hall–Kier alpha value is -3.04. The van der Waals surface area contributed by atoms with Gasteiger partial charge in [0.25, 0.3) is 5.56 Å². The summed E-state index contributed by atoms with van der Waals surface area (Å²) in [7, 11) is -3.87. The Morgan fingerprint density at radius 3 is 2.59 bits per heavy atom. The van der Waals surface area contributed by atoms with E-state index < -0.39 is 22.0 Å². The van der Waals surface area contributed by atoms with Gasteiger partial charge in [0.05, 0.1) is 10.6 Å². The lowest BCUT2D eigenvalue weighted by Crippen LogP contribution is -2.39. The maximum atomic E-state index is 12.4. The second-order valence-electron chi connectivity index (χ2n) is 6.73. The Labute approximate surface area is 168 Å². The van der Waals surface area contributed by atoms with Gasteiger partial charge in [-0.2, -0.15) is 4.72 Å². The van der Waals surface area contributed by atoms with Crippen molar-refractivity contribution in [2.24, 2.45) is 0 Å². The van der Waals surface area contributed by atoms with Gasteiger partial charge in [-0.1, -0.05) is 23.8 Å². The number of carbonyl (C=O) groups is 1. The predicted molar refractivity (Wildman–Crippen MR) is 107 cm³/mol. The van der Waals surface area contributed by atoms with Gasteiger partial charge in [-0.25, -0.2) is 13.4 Å². The Kier molecular flexibility index (Phi) is 5.81. The van der Waals surface area contributed by atoms with Crippen molar-refractivity contribution in [1.82, 2.24) is 14.1 Å². The molecule has 8 nitrogen and oxygen atoms in total. The molecule has 3 aromatic rings. The van der Waals surface area contributed by atoms with Crippen molar-refractivity contribution in [2.75, 3.05) is 0 Å². The molecule has 0 saturated carbocycles. The summed E-state index contributed by atoms with van der Waals surface area (Å²) in [5.41, 5.74) is 2.19. The van der Waals surface area contributed by atoms with Crippen molar-refractivity contribution in [1.29, 1.82) is 0 Å². The van der Waals surface area contributed by atoms with Crippen LogP contribution in [-0.2, 0) is 26.2 Å². The molecular formula is C20H21N3O5S. The van der Waals surface area contributed by atoms with Gasteiger partial charge < -0.3 is 4.74 Å². The van der Waals surface area contributed by atoms with Crippen LogP contribution >= 0.6 is 0 Å². The maximum Gasteiger partial charge on any atom is 0.324 e. The number of sulfonamides is 1. The third-order valence-corrected chi connectivity index (χ3v) is 5.87. The largest absolute Gasteiger partial charge is 0.458 e. The van der Waals surface area contributed by atoms with Crippen LogP contribution < -0.4 is 10.3 Å². The number of hydrogen-bond donors (Lipinski definition) is 1. The fourth-order valence-corrected chi connectivity index (χ4v) is 3.91. The molecule has 0 spiro atoms. The minimum Gasteiger partial charge on any atom is -0.458 e. The summed E-state index contributed by atoms with van der Waals surface area (Å²) < 4.78 is 33.6. The van der Waals surface area contributed by atoms with E-state index in [0.29, 0.717) is 5.65 Å². The summed E-state index contributed by atoms with van der Waals surface area (Å²) >= 11 is 0. The van der Waals surface area contributed by atoms with Crippen molar-refractivity contribution in [3.63, 3.8) is 0 Å². The molecule has 0 aliphatic carbocycles. The van der Waals surface area contributed by atoms with E-state index in [1.54, 1.807) is 24.4 Å². The van der Waals surface area contributed by atoms with Gasteiger partial charge in [0.1, 0.15) is 18.3 Å². The smallest absolute Gasteiger partial charge is 0.324 e. The molecule has 1 atom stereocenters. The quantitative estimate of drug-likeness (QED) is 0.615. The van der Waals surface area contributed by atoms with Crippen LogP contribution in [-0.4, -0.2) is 29.8 Å². The van der Waals surface area contributed by atoms with E-state index in [1.807, 2.05) is 19.9 Å². The molecule has 1 N–H and O–H groups in total. The molecule has 0 aliphatic rings. The number of carbonyl (C=O) groups excluding carboxylic acids is 1. The Morgan fingerprint density at radius 1 is 1.21 bits per heavy atom. The minimum atomic E-state index is -3.87. The number of esters is 1. The lowest BCUT2D eigenvalue weighted by molar-refractivity contribution is -0.146. The first-order valence-corrected chi connectivity index (χ1v) is 10.4. The van der Waals surface area contributed by atoms with E-state index in [-0.39, 0.29) is 22.8 Å². The first-order chi connectivity index (χ1) is 13.7. The number of aryl methyl sites for hydroxylation is 2. The highest BCUT2D eigenvalue weighted by Gasteiger charge is 2.23. The maximum absolute atomic E-state index is 12.4. The number of nitrogens with one attached hydrogen (secondary N) is 1. The van der Waals surface area contributed by atoms with Crippen molar-refractivity contribution in [2.45, 2.75) is 38.3 Å². The van der Waals surface area contributed by atoms with Gasteiger partial charge in [0.2, 0.25) is 10.0 Å². The first-order valence-electron chi connectivity index (χ1n) is 8.91. The SMILES string of the molecule is Cc1ccc(S(=O)(=O)N[C@@H](C)C(=O)OCc2cc(=O)n3cccc(C)c3n2)cc1. The molecule has 9 heteroatoms. The van der Waals surface area contributed by atoms with E-state index in [2.05, 4.69) is 9.71 Å². The van der Waals surface area contributed by atoms with Crippen molar-refractivity contribution in [3.8, 4) is 0 Å². The monoisotopic (exact) mass is 415 g/mol. The molecule has 0 unspecified atom stereocenters. The molecule has 29 heavy (non-hydrogen) atoms. The topological polar surface area (TPSA) is 107 Å². The first kappa shape index (κ1) is 20.7. The van der Waals surface area contributed by atoms with Crippen LogP contribution in [0.1, 0.15) is 23.7 Å². The van der Waals surface area contributed by atoms with Crippen LogP contribution in [0.25, 0.3) is 5.65 Å². The number of ether oxygens (including phenoxy) is 1. The van der Waals surface area contributed by atoms with E-state index in [1.165, 1.54) is 29.5 Å². The average Bonchev–Trinajstić information content (AvgIpc) is 2.67. The molecule has 2 heterocycles. The van der Waals surface area contributed by atoms with Crippen molar-refractivity contribution < 1.29 is 17.9 Å². The van der Waals surface area contributed by atoms with Crippen LogP contribution in [0, 0.1) is 13.8 Å². The number of pyridine rings is 1. The Balaban J connectivity index is 1.69. The average molecular weight is 415 g/mol. The highest BCUT2D eigenvalue weighted by molar-refractivity contribution is 7.89. The minimum absolute atomic E-state index is 0.0578. The third-order valence-electron chi connectivity index (χ3n) is 4.32. The van der Waals surface area contributed by atoms with Gasteiger partial charge in [0.15, 0.2) is 0 Å². The fraction of sp³-hybridized carbons (Fsp3) is 0.250. The van der Waals surface area contributed by atoms with Crippen LogP contribution in [0.15, 0.2) is 58.4 Å². The van der Waals surface area contributed by atoms with Crippen molar-refractivity contribution >= 4 is 21.6 Å². The summed E-state index contributed by atoms with van der Waals surface area (Å²) in [6.45, 7) is 4.81. The summed E-state index contributed by atoms with van der Waals surface area (Å²) in [5, 5.41) is 0. The number of aromatic nitrogens is 2. The Morgan fingerprint density at radius 2 is 1.90 bits per heavy atom. The molecular weight excluding hydrogens is 394 g/mol. The number of nitrogens with zero attached hydrogens (tertiary/aromatic N) is 2. The van der Waals surface area contributed by atoms with Crippen molar-refractivity contribution in [3.05, 3.63) is 75.8 Å². The molecule has 2 aromatic heterocycles. The van der Waals surface area contributed by atoms with Gasteiger partial charge >= 0.3 is 5.97 Å². The molecule has 152 valence electrons. The second kappa shape index (κ2) is 8.14. The highest BCUT2D eigenvalue weighted by Crippen LogP contribution is 2.11. The molecule has 0 amide bonds. The highest BCUT2D eigenvalue weighted by atomic mass is 32.2. The second-order valence-corrected chi connectivity index (χ2v) is 8.45. The number of fused-ring (bicyclic) bond motifs is 1. The molecule has 0 radical (unpaired) electrons. The summed E-state index contributed by atoms with van der Waals surface area (Å²) in [6.07, 6.45) is 1.61. The molecule has 0 aliphatic heterocycles.